The number of carbonyl (C=O) groups is 3. The van der Waals surface area contributed by atoms with E-state index in [-0.39, 0.29) is 24.1 Å². The van der Waals surface area contributed by atoms with Crippen LogP contribution in [-0.2, 0) is 22.7 Å². The second-order valence-electron chi connectivity index (χ2n) is 9.81. The van der Waals surface area contributed by atoms with Gasteiger partial charge in [-0.2, -0.15) is 5.10 Å². The number of fused-ring (bicyclic) bond motifs is 1. The zero-order valence-electron chi connectivity index (χ0n) is 20.0. The number of nitrogens with zero attached hydrogens (tertiary/aromatic N) is 5. The fourth-order valence-corrected chi connectivity index (χ4v) is 5.66. The number of piperidine rings is 2. The molecule has 1 aromatic carbocycles. The third kappa shape index (κ3) is 4.19. The lowest BCUT2D eigenvalue weighted by molar-refractivity contribution is -0.136. The van der Waals surface area contributed by atoms with Gasteiger partial charge in [0, 0.05) is 37.5 Å². The second kappa shape index (κ2) is 9.31. The van der Waals surface area contributed by atoms with Crippen LogP contribution in [0.1, 0.15) is 58.8 Å². The van der Waals surface area contributed by atoms with Gasteiger partial charge in [-0.05, 0) is 73.7 Å². The number of benzene rings is 1. The van der Waals surface area contributed by atoms with Gasteiger partial charge in [0.15, 0.2) is 0 Å². The van der Waals surface area contributed by atoms with Gasteiger partial charge in [-0.1, -0.05) is 12.1 Å². The summed E-state index contributed by atoms with van der Waals surface area (Å²) >= 11 is 0. The number of carbonyl (C=O) groups excluding carboxylic acids is 3. The fraction of sp³-hybridized carbons (Fsp3) is 0.370. The van der Waals surface area contributed by atoms with Gasteiger partial charge in [0.2, 0.25) is 11.8 Å². The molecule has 2 aromatic heterocycles. The third-order valence-electron chi connectivity index (χ3n) is 7.60. The van der Waals surface area contributed by atoms with Crippen LogP contribution in [0, 0.1) is 0 Å². The van der Waals surface area contributed by atoms with Crippen molar-refractivity contribution in [3.8, 4) is 5.69 Å². The summed E-state index contributed by atoms with van der Waals surface area (Å²) in [5.74, 6) is -0.318. The summed E-state index contributed by atoms with van der Waals surface area (Å²) in [7, 11) is 0. The molecule has 1 unspecified atom stereocenters. The number of nitrogens with one attached hydrogen (secondary N) is 1. The summed E-state index contributed by atoms with van der Waals surface area (Å²) in [5.41, 5.74) is 5.01. The zero-order valence-corrected chi connectivity index (χ0v) is 20.0. The molecule has 184 valence electrons. The number of imide groups is 1. The first-order chi connectivity index (χ1) is 17.6. The molecule has 0 aliphatic carbocycles. The van der Waals surface area contributed by atoms with E-state index in [1.807, 2.05) is 35.3 Å². The van der Waals surface area contributed by atoms with Gasteiger partial charge < -0.3 is 4.90 Å². The van der Waals surface area contributed by atoms with Crippen molar-refractivity contribution >= 4 is 17.7 Å². The molecule has 5 heterocycles. The van der Waals surface area contributed by atoms with Gasteiger partial charge in [-0.15, -0.1) is 0 Å². The largest absolute Gasteiger partial charge is 0.322 e. The molecule has 0 radical (unpaired) electrons. The van der Waals surface area contributed by atoms with Crippen molar-refractivity contribution in [2.75, 3.05) is 13.1 Å². The Morgan fingerprint density at radius 1 is 1.00 bits per heavy atom. The van der Waals surface area contributed by atoms with E-state index in [2.05, 4.69) is 38.5 Å². The second-order valence-corrected chi connectivity index (χ2v) is 9.81. The first-order valence-electron chi connectivity index (χ1n) is 12.5. The van der Waals surface area contributed by atoms with Gasteiger partial charge in [0.25, 0.3) is 5.91 Å². The number of pyridine rings is 1. The molecule has 3 amide bonds. The topological polar surface area (TPSA) is 100 Å². The van der Waals surface area contributed by atoms with Crippen LogP contribution in [-0.4, -0.2) is 61.4 Å². The van der Waals surface area contributed by atoms with E-state index < -0.39 is 6.04 Å². The summed E-state index contributed by atoms with van der Waals surface area (Å²) in [5, 5.41) is 6.84. The van der Waals surface area contributed by atoms with Crippen LogP contribution in [0.4, 0.5) is 0 Å². The van der Waals surface area contributed by atoms with Gasteiger partial charge in [0.05, 0.1) is 17.6 Å². The lowest BCUT2D eigenvalue weighted by atomic mass is 9.88. The first kappa shape index (κ1) is 22.6. The molecule has 3 aliphatic heterocycles. The first-order valence-corrected chi connectivity index (χ1v) is 12.5. The van der Waals surface area contributed by atoms with E-state index >= 15 is 0 Å². The van der Waals surface area contributed by atoms with Crippen molar-refractivity contribution in [2.45, 2.75) is 50.7 Å². The maximum atomic E-state index is 13.0. The van der Waals surface area contributed by atoms with Crippen molar-refractivity contribution in [1.29, 1.82) is 0 Å². The SMILES string of the molecule is O=C1CCC(N2Cc3cc(C4CCN(Cc5ccnn5-c5cccnc5)CC4)ccc3C2=O)C(=O)N1. The summed E-state index contributed by atoms with van der Waals surface area (Å²) in [6.45, 7) is 3.23. The molecule has 1 atom stereocenters. The summed E-state index contributed by atoms with van der Waals surface area (Å²) in [6.07, 6.45) is 8.16. The lowest BCUT2D eigenvalue weighted by Gasteiger charge is -2.32. The molecule has 0 spiro atoms. The Hall–Kier alpha value is -3.85. The maximum absolute atomic E-state index is 13.0. The lowest BCUT2D eigenvalue weighted by Crippen LogP contribution is -2.52. The summed E-state index contributed by atoms with van der Waals surface area (Å²) < 4.78 is 1.95. The highest BCUT2D eigenvalue weighted by molar-refractivity contribution is 6.05. The Labute approximate surface area is 209 Å². The fourth-order valence-electron chi connectivity index (χ4n) is 5.66. The van der Waals surface area contributed by atoms with Crippen LogP contribution < -0.4 is 5.32 Å². The quantitative estimate of drug-likeness (QED) is 0.559. The molecule has 2 saturated heterocycles. The highest BCUT2D eigenvalue weighted by atomic mass is 16.2. The predicted octanol–water partition coefficient (Wildman–Crippen LogP) is 2.41. The van der Waals surface area contributed by atoms with Crippen LogP contribution in [0.25, 0.3) is 5.69 Å². The van der Waals surface area contributed by atoms with Crippen LogP contribution in [0.3, 0.4) is 0 Å². The third-order valence-corrected chi connectivity index (χ3v) is 7.60. The number of rotatable bonds is 5. The van der Waals surface area contributed by atoms with E-state index in [0.717, 1.165) is 49.4 Å². The van der Waals surface area contributed by atoms with Gasteiger partial charge >= 0.3 is 0 Å². The van der Waals surface area contributed by atoms with Crippen LogP contribution in [0.2, 0.25) is 0 Å². The van der Waals surface area contributed by atoms with E-state index in [1.165, 1.54) is 5.56 Å². The summed E-state index contributed by atoms with van der Waals surface area (Å²) in [4.78, 5) is 45.1. The van der Waals surface area contributed by atoms with Crippen molar-refractivity contribution < 1.29 is 14.4 Å². The predicted molar refractivity (Wildman–Crippen MR) is 131 cm³/mol. The molecule has 0 saturated carbocycles. The van der Waals surface area contributed by atoms with E-state index in [1.54, 1.807) is 11.1 Å². The van der Waals surface area contributed by atoms with Crippen molar-refractivity contribution in [2.24, 2.45) is 0 Å². The minimum atomic E-state index is -0.575. The molecule has 3 aromatic rings. The van der Waals surface area contributed by atoms with Crippen molar-refractivity contribution in [3.63, 3.8) is 0 Å². The van der Waals surface area contributed by atoms with Crippen LogP contribution in [0.15, 0.2) is 55.0 Å². The molecule has 36 heavy (non-hydrogen) atoms. The molecule has 9 nitrogen and oxygen atoms in total. The highest BCUT2D eigenvalue weighted by Gasteiger charge is 2.39. The standard InChI is InChI=1S/C27H28N6O3/c34-25-6-5-24(26(35)30-25)32-16-20-14-19(3-4-23(20)27(32)36)18-8-12-31(13-9-18)17-22-7-11-29-33(22)21-2-1-10-28-15-21/h1-4,7,10-11,14-15,18,24H,5-6,8-9,12-13,16-17H2,(H,30,34,35). The zero-order chi connectivity index (χ0) is 24.6. The molecule has 9 heteroatoms. The van der Waals surface area contributed by atoms with Crippen LogP contribution >= 0.6 is 0 Å². The Kier molecular flexibility index (Phi) is 5.85. The maximum Gasteiger partial charge on any atom is 0.255 e. The van der Waals surface area contributed by atoms with E-state index in [4.69, 9.17) is 0 Å². The number of amides is 3. The normalized spacial score (nSPS) is 21.1. The average Bonchev–Trinajstić information content (AvgIpc) is 3.49. The van der Waals surface area contributed by atoms with Crippen LogP contribution in [0.5, 0.6) is 0 Å². The minimum absolute atomic E-state index is 0.119. The minimum Gasteiger partial charge on any atom is -0.322 e. The van der Waals surface area contributed by atoms with Crippen molar-refractivity contribution in [1.82, 2.24) is 29.9 Å². The summed E-state index contributed by atoms with van der Waals surface area (Å²) in [6, 6.07) is 11.5. The van der Waals surface area contributed by atoms with Gasteiger partial charge in [-0.25, -0.2) is 4.68 Å². The smallest absolute Gasteiger partial charge is 0.255 e. The molecule has 3 aliphatic rings. The van der Waals surface area contributed by atoms with E-state index in [9.17, 15) is 14.4 Å². The van der Waals surface area contributed by atoms with Gasteiger partial charge in [0.1, 0.15) is 6.04 Å². The molecular formula is C27H28N6O3. The Balaban J connectivity index is 1.10. The number of aromatic nitrogens is 3. The Bertz CT molecular complexity index is 1310. The molecule has 0 bridgehead atoms. The molecule has 1 N–H and O–H groups in total. The monoisotopic (exact) mass is 484 g/mol. The molecule has 6 rings (SSSR count). The molecule has 2 fully saturated rings. The highest BCUT2D eigenvalue weighted by Crippen LogP contribution is 2.34. The molecular weight excluding hydrogens is 456 g/mol. The van der Waals surface area contributed by atoms with E-state index in [0.29, 0.717) is 24.4 Å². The Morgan fingerprint density at radius 2 is 1.86 bits per heavy atom. The number of hydrogen-bond acceptors (Lipinski definition) is 6. The van der Waals surface area contributed by atoms with Crippen molar-refractivity contribution in [3.05, 3.63) is 77.4 Å². The Morgan fingerprint density at radius 3 is 2.64 bits per heavy atom. The number of hydrogen-bond donors (Lipinski definition) is 1. The average molecular weight is 485 g/mol. The number of likely N-dealkylation sites (tertiary alicyclic amines) is 1. The van der Waals surface area contributed by atoms with Gasteiger partial charge in [-0.3, -0.25) is 29.6 Å².